The highest BCUT2D eigenvalue weighted by atomic mass is 35.5. The van der Waals surface area contributed by atoms with Gasteiger partial charge in [0, 0.05) is 23.5 Å². The van der Waals surface area contributed by atoms with Crippen LogP contribution in [0, 0.1) is 0 Å². The Kier molecular flexibility index (Phi) is 5.58. The Balaban J connectivity index is 2.19. The molecule has 1 aromatic carbocycles. The second-order valence-electron chi connectivity index (χ2n) is 5.13. The average molecular weight is 309 g/mol. The first-order chi connectivity index (χ1) is 9.63. The van der Waals surface area contributed by atoms with Gasteiger partial charge in [-0.05, 0) is 32.0 Å². The van der Waals surface area contributed by atoms with Gasteiger partial charge >= 0.3 is 0 Å². The van der Waals surface area contributed by atoms with Crippen molar-refractivity contribution in [1.29, 1.82) is 0 Å². The summed E-state index contributed by atoms with van der Waals surface area (Å²) in [5.41, 5.74) is 3.47. The molecule has 1 heterocycles. The molecule has 0 aliphatic carbocycles. The Morgan fingerprint density at radius 3 is 2.75 bits per heavy atom. The molecule has 0 aliphatic heterocycles. The van der Waals surface area contributed by atoms with Gasteiger partial charge in [-0.2, -0.15) is 0 Å². The molecule has 2 aromatic rings. The van der Waals surface area contributed by atoms with Crippen LogP contribution in [0.1, 0.15) is 32.0 Å². The fourth-order valence-electron chi connectivity index (χ4n) is 2.20. The average Bonchev–Trinajstić information content (AvgIpc) is 2.93. The first-order valence-electron chi connectivity index (χ1n) is 6.97. The lowest BCUT2D eigenvalue weighted by atomic mass is 10.1. The zero-order valence-corrected chi connectivity index (χ0v) is 13.8. The Labute approximate surface area is 130 Å². The maximum Gasteiger partial charge on any atom is 0.123 e. The van der Waals surface area contributed by atoms with Gasteiger partial charge in [0.1, 0.15) is 5.01 Å². The minimum atomic E-state index is 0.479. The molecular formula is C16H21ClN2S. The van der Waals surface area contributed by atoms with Gasteiger partial charge in [0.05, 0.1) is 11.6 Å². The Morgan fingerprint density at radius 1 is 1.35 bits per heavy atom. The predicted molar refractivity (Wildman–Crippen MR) is 88.3 cm³/mol. The van der Waals surface area contributed by atoms with Gasteiger partial charge in [-0.15, -0.1) is 22.9 Å². The third-order valence-electron chi connectivity index (χ3n) is 3.38. The minimum Gasteiger partial charge on any atom is -0.297 e. The van der Waals surface area contributed by atoms with E-state index >= 15 is 0 Å². The van der Waals surface area contributed by atoms with E-state index in [9.17, 15) is 0 Å². The van der Waals surface area contributed by atoms with Crippen LogP contribution in [0.15, 0.2) is 29.6 Å². The summed E-state index contributed by atoms with van der Waals surface area (Å²) in [5.74, 6) is 0.479. The van der Waals surface area contributed by atoms with Crippen molar-refractivity contribution in [1.82, 2.24) is 9.88 Å². The minimum absolute atomic E-state index is 0.479. The summed E-state index contributed by atoms with van der Waals surface area (Å²) >= 11 is 7.48. The molecule has 108 valence electrons. The first kappa shape index (κ1) is 15.5. The summed E-state index contributed by atoms with van der Waals surface area (Å²) in [4.78, 5) is 7.00. The van der Waals surface area contributed by atoms with E-state index < -0.39 is 0 Å². The van der Waals surface area contributed by atoms with Crippen molar-refractivity contribution >= 4 is 22.9 Å². The van der Waals surface area contributed by atoms with Crippen molar-refractivity contribution in [3.05, 3.63) is 40.9 Å². The van der Waals surface area contributed by atoms with Crippen LogP contribution in [-0.2, 0) is 12.4 Å². The molecule has 0 amide bonds. The molecular weight excluding hydrogens is 288 g/mol. The smallest absolute Gasteiger partial charge is 0.123 e. The van der Waals surface area contributed by atoms with E-state index in [-0.39, 0.29) is 0 Å². The summed E-state index contributed by atoms with van der Waals surface area (Å²) in [6.45, 7) is 8.73. The SMILES string of the molecule is CCN(Cc1cccc(-c2nc(CCl)cs2)c1)C(C)C. The van der Waals surface area contributed by atoms with Crippen molar-refractivity contribution in [2.75, 3.05) is 6.54 Å². The van der Waals surface area contributed by atoms with Crippen LogP contribution >= 0.6 is 22.9 Å². The number of hydrogen-bond donors (Lipinski definition) is 0. The van der Waals surface area contributed by atoms with E-state index in [1.807, 2.05) is 5.38 Å². The molecule has 0 atom stereocenters. The van der Waals surface area contributed by atoms with Gasteiger partial charge in [-0.25, -0.2) is 4.98 Å². The molecule has 0 saturated carbocycles. The van der Waals surface area contributed by atoms with Gasteiger partial charge < -0.3 is 0 Å². The quantitative estimate of drug-likeness (QED) is 0.714. The maximum atomic E-state index is 5.82. The molecule has 0 aliphatic rings. The summed E-state index contributed by atoms with van der Waals surface area (Å²) in [5, 5.41) is 3.08. The first-order valence-corrected chi connectivity index (χ1v) is 8.39. The normalized spacial score (nSPS) is 11.5. The zero-order valence-electron chi connectivity index (χ0n) is 12.3. The molecule has 0 saturated heterocycles. The standard InChI is InChI=1S/C16H21ClN2S/c1-4-19(12(2)3)10-13-6-5-7-14(8-13)16-18-15(9-17)11-20-16/h5-8,11-12H,4,9-10H2,1-3H3. The largest absolute Gasteiger partial charge is 0.297 e. The van der Waals surface area contributed by atoms with Gasteiger partial charge in [-0.3, -0.25) is 4.90 Å². The molecule has 0 fully saturated rings. The maximum absolute atomic E-state index is 5.82. The third kappa shape index (κ3) is 3.81. The van der Waals surface area contributed by atoms with E-state index in [2.05, 4.69) is 54.9 Å². The van der Waals surface area contributed by atoms with Crippen LogP contribution in [0.25, 0.3) is 10.6 Å². The van der Waals surface area contributed by atoms with Gasteiger partial charge in [-0.1, -0.05) is 25.1 Å². The zero-order chi connectivity index (χ0) is 14.5. The number of hydrogen-bond acceptors (Lipinski definition) is 3. The van der Waals surface area contributed by atoms with E-state index in [4.69, 9.17) is 11.6 Å². The van der Waals surface area contributed by atoms with Crippen LogP contribution in [0.4, 0.5) is 0 Å². The highest BCUT2D eigenvalue weighted by Gasteiger charge is 2.09. The van der Waals surface area contributed by atoms with E-state index in [0.29, 0.717) is 11.9 Å². The monoisotopic (exact) mass is 308 g/mol. The number of nitrogens with zero attached hydrogens (tertiary/aromatic N) is 2. The highest BCUT2D eigenvalue weighted by Crippen LogP contribution is 2.25. The van der Waals surface area contributed by atoms with Crippen LogP contribution in [0.5, 0.6) is 0 Å². The van der Waals surface area contributed by atoms with Crippen molar-refractivity contribution in [2.45, 2.75) is 39.2 Å². The van der Waals surface area contributed by atoms with Crippen molar-refractivity contribution in [3.8, 4) is 10.6 Å². The number of rotatable bonds is 6. The third-order valence-corrected chi connectivity index (χ3v) is 4.60. The summed E-state index contributed by atoms with van der Waals surface area (Å²) in [6.07, 6.45) is 0. The van der Waals surface area contributed by atoms with Gasteiger partial charge in [0.15, 0.2) is 0 Å². The van der Waals surface area contributed by atoms with Crippen LogP contribution in [0.3, 0.4) is 0 Å². The molecule has 20 heavy (non-hydrogen) atoms. The lowest BCUT2D eigenvalue weighted by Gasteiger charge is -2.24. The molecule has 1 aromatic heterocycles. The number of thiazole rings is 1. The fourth-order valence-corrected chi connectivity index (χ4v) is 3.24. The number of benzene rings is 1. The van der Waals surface area contributed by atoms with Crippen molar-refractivity contribution in [3.63, 3.8) is 0 Å². The van der Waals surface area contributed by atoms with Crippen molar-refractivity contribution < 1.29 is 0 Å². The number of alkyl halides is 1. The summed E-state index contributed by atoms with van der Waals surface area (Å²) in [6, 6.07) is 9.21. The molecule has 0 spiro atoms. The Bertz CT molecular complexity index is 551. The van der Waals surface area contributed by atoms with Crippen LogP contribution in [0.2, 0.25) is 0 Å². The van der Waals surface area contributed by atoms with E-state index in [0.717, 1.165) is 23.8 Å². The summed E-state index contributed by atoms with van der Waals surface area (Å²) < 4.78 is 0. The number of aromatic nitrogens is 1. The van der Waals surface area contributed by atoms with Crippen molar-refractivity contribution in [2.24, 2.45) is 0 Å². The van der Waals surface area contributed by atoms with Gasteiger partial charge in [0.25, 0.3) is 0 Å². The molecule has 2 nitrogen and oxygen atoms in total. The second kappa shape index (κ2) is 7.21. The van der Waals surface area contributed by atoms with E-state index in [1.54, 1.807) is 11.3 Å². The molecule has 0 radical (unpaired) electrons. The summed E-state index contributed by atoms with van der Waals surface area (Å²) in [7, 11) is 0. The van der Waals surface area contributed by atoms with Crippen LogP contribution in [-0.4, -0.2) is 22.5 Å². The lowest BCUT2D eigenvalue weighted by molar-refractivity contribution is 0.225. The Morgan fingerprint density at radius 2 is 2.15 bits per heavy atom. The fraction of sp³-hybridized carbons (Fsp3) is 0.438. The molecule has 2 rings (SSSR count). The molecule has 0 unspecified atom stereocenters. The van der Waals surface area contributed by atoms with Gasteiger partial charge in [0.2, 0.25) is 0 Å². The predicted octanol–water partition coefficient (Wildman–Crippen LogP) is 4.78. The molecule has 4 heteroatoms. The lowest BCUT2D eigenvalue weighted by Crippen LogP contribution is -2.29. The molecule has 0 N–H and O–H groups in total. The topological polar surface area (TPSA) is 16.1 Å². The highest BCUT2D eigenvalue weighted by molar-refractivity contribution is 7.13. The number of halogens is 1. The van der Waals surface area contributed by atoms with E-state index in [1.165, 1.54) is 11.1 Å². The molecule has 0 bridgehead atoms. The van der Waals surface area contributed by atoms with Crippen LogP contribution < -0.4 is 0 Å². The second-order valence-corrected chi connectivity index (χ2v) is 6.26. The Hall–Kier alpha value is -0.900.